The molecule has 1 heterocycles. The molecule has 2 aromatic carbocycles. The zero-order valence-corrected chi connectivity index (χ0v) is 12.4. The van der Waals surface area contributed by atoms with Gasteiger partial charge in [0.2, 0.25) is 0 Å². The van der Waals surface area contributed by atoms with E-state index < -0.39 is 6.10 Å². The Balaban J connectivity index is 1.92. The van der Waals surface area contributed by atoms with Gasteiger partial charge in [0.05, 0.1) is 6.61 Å². The van der Waals surface area contributed by atoms with Crippen LogP contribution in [0.4, 0.5) is 0 Å². The van der Waals surface area contributed by atoms with Crippen molar-refractivity contribution in [3.8, 4) is 11.5 Å². The zero-order chi connectivity index (χ0) is 14.8. The Kier molecular flexibility index (Phi) is 3.84. The third-order valence-electron chi connectivity index (χ3n) is 3.75. The Morgan fingerprint density at radius 2 is 2.10 bits per heavy atom. The van der Waals surface area contributed by atoms with Crippen molar-refractivity contribution < 1.29 is 14.6 Å². The molecule has 0 aliphatic carbocycles. The number of hydrogen-bond acceptors (Lipinski definition) is 3. The van der Waals surface area contributed by atoms with Crippen LogP contribution >= 0.6 is 0 Å². The Hall–Kier alpha value is -2.00. The third-order valence-corrected chi connectivity index (χ3v) is 3.75. The molecule has 2 aromatic rings. The number of para-hydroxylation sites is 1. The standard InChI is InChI=1S/C18H20O3/c1-3-20-17-7-5-4-6-15(17)18(19)13-8-9-16-14(11-13)10-12(2)21-16/h4-9,11-12,18-19H,3,10H2,1-2H3. The fourth-order valence-electron chi connectivity index (χ4n) is 2.78. The van der Waals surface area contributed by atoms with E-state index in [-0.39, 0.29) is 6.10 Å². The molecule has 0 fully saturated rings. The number of rotatable bonds is 4. The Morgan fingerprint density at radius 3 is 2.90 bits per heavy atom. The van der Waals surface area contributed by atoms with Crippen LogP contribution in [0.15, 0.2) is 42.5 Å². The highest BCUT2D eigenvalue weighted by Gasteiger charge is 2.22. The van der Waals surface area contributed by atoms with Gasteiger partial charge in [0.25, 0.3) is 0 Å². The quantitative estimate of drug-likeness (QED) is 0.934. The van der Waals surface area contributed by atoms with Crippen molar-refractivity contribution in [2.75, 3.05) is 6.61 Å². The molecule has 1 aliphatic heterocycles. The predicted molar refractivity (Wildman–Crippen MR) is 81.9 cm³/mol. The van der Waals surface area contributed by atoms with E-state index in [1.54, 1.807) is 0 Å². The molecule has 2 atom stereocenters. The van der Waals surface area contributed by atoms with Crippen LogP contribution in [-0.4, -0.2) is 17.8 Å². The van der Waals surface area contributed by atoms with Crippen LogP contribution in [0.5, 0.6) is 11.5 Å². The van der Waals surface area contributed by atoms with Gasteiger partial charge in [0.1, 0.15) is 23.7 Å². The topological polar surface area (TPSA) is 38.7 Å². The molecule has 0 saturated carbocycles. The second kappa shape index (κ2) is 5.78. The van der Waals surface area contributed by atoms with Crippen molar-refractivity contribution in [1.29, 1.82) is 0 Å². The molecule has 21 heavy (non-hydrogen) atoms. The summed E-state index contributed by atoms with van der Waals surface area (Å²) in [5.74, 6) is 1.66. The second-order valence-corrected chi connectivity index (χ2v) is 5.37. The lowest BCUT2D eigenvalue weighted by atomic mass is 9.98. The number of hydrogen-bond donors (Lipinski definition) is 1. The summed E-state index contributed by atoms with van der Waals surface area (Å²) in [5, 5.41) is 10.7. The molecule has 1 aliphatic rings. The van der Waals surface area contributed by atoms with Gasteiger partial charge in [0, 0.05) is 12.0 Å². The summed E-state index contributed by atoms with van der Waals surface area (Å²) >= 11 is 0. The van der Waals surface area contributed by atoms with Crippen LogP contribution in [-0.2, 0) is 6.42 Å². The zero-order valence-electron chi connectivity index (χ0n) is 12.4. The highest BCUT2D eigenvalue weighted by molar-refractivity contribution is 5.45. The summed E-state index contributed by atoms with van der Waals surface area (Å²) in [6.07, 6.45) is 0.417. The minimum Gasteiger partial charge on any atom is -0.493 e. The first-order valence-electron chi connectivity index (χ1n) is 7.38. The molecule has 1 N–H and O–H groups in total. The number of aliphatic hydroxyl groups excluding tert-OH is 1. The molecular formula is C18H20O3. The lowest BCUT2D eigenvalue weighted by Gasteiger charge is -2.16. The van der Waals surface area contributed by atoms with E-state index in [0.29, 0.717) is 6.61 Å². The van der Waals surface area contributed by atoms with E-state index in [0.717, 1.165) is 34.6 Å². The van der Waals surface area contributed by atoms with Gasteiger partial charge in [-0.3, -0.25) is 0 Å². The van der Waals surface area contributed by atoms with Crippen LogP contribution in [0.3, 0.4) is 0 Å². The molecule has 3 heteroatoms. The average Bonchev–Trinajstić information content (AvgIpc) is 2.86. The normalized spacial score (nSPS) is 18.0. The molecule has 0 saturated heterocycles. The first-order valence-corrected chi connectivity index (χ1v) is 7.38. The SMILES string of the molecule is CCOc1ccccc1C(O)c1ccc2c(c1)CC(C)O2. The maximum Gasteiger partial charge on any atom is 0.125 e. The number of ether oxygens (including phenoxy) is 2. The van der Waals surface area contributed by atoms with Gasteiger partial charge in [0.15, 0.2) is 0 Å². The van der Waals surface area contributed by atoms with Gasteiger partial charge in [-0.25, -0.2) is 0 Å². The summed E-state index contributed by atoms with van der Waals surface area (Å²) in [6.45, 7) is 4.58. The van der Waals surface area contributed by atoms with Crippen molar-refractivity contribution in [2.24, 2.45) is 0 Å². The van der Waals surface area contributed by atoms with Crippen LogP contribution in [0, 0.1) is 0 Å². The molecular weight excluding hydrogens is 264 g/mol. The summed E-state index contributed by atoms with van der Waals surface area (Å²) < 4.78 is 11.3. The smallest absolute Gasteiger partial charge is 0.125 e. The molecule has 0 radical (unpaired) electrons. The molecule has 110 valence electrons. The molecule has 0 aromatic heterocycles. The minimum absolute atomic E-state index is 0.211. The van der Waals surface area contributed by atoms with Crippen LogP contribution in [0.1, 0.15) is 36.6 Å². The molecule has 3 nitrogen and oxygen atoms in total. The fourth-order valence-corrected chi connectivity index (χ4v) is 2.78. The van der Waals surface area contributed by atoms with Crippen molar-refractivity contribution in [3.05, 3.63) is 59.2 Å². The molecule has 2 unspecified atom stereocenters. The molecule has 0 bridgehead atoms. The number of aliphatic hydroxyl groups is 1. The van der Waals surface area contributed by atoms with E-state index in [4.69, 9.17) is 9.47 Å². The van der Waals surface area contributed by atoms with E-state index in [1.807, 2.05) is 49.4 Å². The van der Waals surface area contributed by atoms with E-state index in [9.17, 15) is 5.11 Å². The number of benzene rings is 2. The van der Waals surface area contributed by atoms with Gasteiger partial charge in [-0.2, -0.15) is 0 Å². The van der Waals surface area contributed by atoms with Crippen LogP contribution < -0.4 is 9.47 Å². The minimum atomic E-state index is -0.686. The highest BCUT2D eigenvalue weighted by atomic mass is 16.5. The Bertz CT molecular complexity index is 636. The van der Waals surface area contributed by atoms with E-state index in [2.05, 4.69) is 6.92 Å². The molecule has 0 spiro atoms. The monoisotopic (exact) mass is 284 g/mol. The van der Waals surface area contributed by atoms with Crippen molar-refractivity contribution in [2.45, 2.75) is 32.5 Å². The number of fused-ring (bicyclic) bond motifs is 1. The van der Waals surface area contributed by atoms with Gasteiger partial charge in [-0.15, -0.1) is 0 Å². The van der Waals surface area contributed by atoms with Gasteiger partial charge >= 0.3 is 0 Å². The van der Waals surface area contributed by atoms with Crippen molar-refractivity contribution in [1.82, 2.24) is 0 Å². The second-order valence-electron chi connectivity index (χ2n) is 5.37. The lowest BCUT2D eigenvalue weighted by molar-refractivity contribution is 0.212. The first-order chi connectivity index (χ1) is 10.2. The molecule has 0 amide bonds. The summed E-state index contributed by atoms with van der Waals surface area (Å²) in [4.78, 5) is 0. The van der Waals surface area contributed by atoms with Gasteiger partial charge in [-0.05, 0) is 43.2 Å². The van der Waals surface area contributed by atoms with Crippen LogP contribution in [0.25, 0.3) is 0 Å². The summed E-state index contributed by atoms with van der Waals surface area (Å²) in [7, 11) is 0. The largest absolute Gasteiger partial charge is 0.493 e. The molecule has 3 rings (SSSR count). The lowest BCUT2D eigenvalue weighted by Crippen LogP contribution is -2.05. The Morgan fingerprint density at radius 1 is 1.29 bits per heavy atom. The van der Waals surface area contributed by atoms with E-state index in [1.165, 1.54) is 0 Å². The summed E-state index contributed by atoms with van der Waals surface area (Å²) in [6, 6.07) is 13.5. The predicted octanol–water partition coefficient (Wildman–Crippen LogP) is 3.49. The van der Waals surface area contributed by atoms with Crippen molar-refractivity contribution in [3.63, 3.8) is 0 Å². The highest BCUT2D eigenvalue weighted by Crippen LogP contribution is 2.35. The fraction of sp³-hybridized carbons (Fsp3) is 0.333. The average molecular weight is 284 g/mol. The van der Waals surface area contributed by atoms with Gasteiger partial charge in [-0.1, -0.05) is 24.3 Å². The maximum absolute atomic E-state index is 10.7. The van der Waals surface area contributed by atoms with E-state index >= 15 is 0 Å². The third kappa shape index (κ3) is 2.74. The maximum atomic E-state index is 10.7. The summed E-state index contributed by atoms with van der Waals surface area (Å²) in [5.41, 5.74) is 2.83. The Labute approximate surface area is 125 Å². The first kappa shape index (κ1) is 14.0. The van der Waals surface area contributed by atoms with Crippen molar-refractivity contribution >= 4 is 0 Å². The van der Waals surface area contributed by atoms with Crippen LogP contribution in [0.2, 0.25) is 0 Å². The van der Waals surface area contributed by atoms with Gasteiger partial charge < -0.3 is 14.6 Å².